The third-order valence-electron chi connectivity index (χ3n) is 8.07. The van der Waals surface area contributed by atoms with E-state index in [2.05, 4.69) is 97.6 Å². The summed E-state index contributed by atoms with van der Waals surface area (Å²) in [5.74, 6) is 0. The van der Waals surface area contributed by atoms with Crippen LogP contribution in [0.2, 0.25) is 0 Å². The summed E-state index contributed by atoms with van der Waals surface area (Å²) in [6, 6.07) is 24.4. The molecule has 2 aromatic carbocycles. The van der Waals surface area contributed by atoms with Crippen molar-refractivity contribution in [2.45, 2.75) is 70.3 Å². The van der Waals surface area contributed by atoms with Crippen LogP contribution < -0.4 is 4.90 Å². The van der Waals surface area contributed by atoms with Gasteiger partial charge in [0.25, 0.3) is 0 Å². The molecule has 0 radical (unpaired) electrons. The van der Waals surface area contributed by atoms with E-state index < -0.39 is 0 Å². The molecule has 39 heavy (non-hydrogen) atoms. The van der Waals surface area contributed by atoms with E-state index in [1.54, 1.807) is 17.4 Å². The van der Waals surface area contributed by atoms with Gasteiger partial charge in [-0.25, -0.2) is 0 Å². The fourth-order valence-corrected chi connectivity index (χ4v) is 7.43. The van der Waals surface area contributed by atoms with Crippen molar-refractivity contribution in [1.29, 1.82) is 10.5 Å². The molecule has 1 atom stereocenters. The first-order chi connectivity index (χ1) is 19.1. The van der Waals surface area contributed by atoms with Gasteiger partial charge in [-0.2, -0.15) is 10.5 Å². The van der Waals surface area contributed by atoms with Crippen molar-refractivity contribution >= 4 is 28.8 Å². The van der Waals surface area contributed by atoms with Crippen LogP contribution in [0.3, 0.4) is 0 Å². The lowest BCUT2D eigenvalue weighted by Gasteiger charge is -2.35. The number of anilines is 2. The highest BCUT2D eigenvalue weighted by molar-refractivity contribution is 7.16. The highest BCUT2D eigenvalue weighted by Gasteiger charge is 2.44. The Morgan fingerprint density at radius 1 is 0.949 bits per heavy atom. The van der Waals surface area contributed by atoms with Gasteiger partial charge >= 0.3 is 0 Å². The van der Waals surface area contributed by atoms with Crippen molar-refractivity contribution in [2.24, 2.45) is 0 Å². The number of hydrogen-bond donors (Lipinski definition) is 0. The minimum Gasteiger partial charge on any atom is -0.334 e. The number of para-hydroxylation sites is 1. The molecule has 196 valence electrons. The topological polar surface area (TPSA) is 50.8 Å². The normalized spacial score (nSPS) is 16.2. The zero-order valence-electron chi connectivity index (χ0n) is 22.9. The largest absolute Gasteiger partial charge is 0.334 e. The first kappa shape index (κ1) is 26.7. The summed E-state index contributed by atoms with van der Waals surface area (Å²) >= 11 is 1.72. The monoisotopic (exact) mass is 529 g/mol. The second-order valence-electron chi connectivity index (χ2n) is 10.5. The summed E-state index contributed by atoms with van der Waals surface area (Å²) in [7, 11) is 0. The van der Waals surface area contributed by atoms with Gasteiger partial charge in [0, 0.05) is 26.5 Å². The minimum atomic E-state index is -0.0561. The van der Waals surface area contributed by atoms with Crippen LogP contribution in [0.25, 0.3) is 16.5 Å². The number of unbranched alkanes of at least 4 members (excludes halogenated alkanes) is 2. The molecular formula is C35H35N3S. The zero-order valence-corrected chi connectivity index (χ0v) is 23.7. The molecular weight excluding hydrogens is 494 g/mol. The number of nitrogens with zero attached hydrogens (tertiary/aromatic N) is 3. The van der Waals surface area contributed by atoms with Gasteiger partial charge < -0.3 is 4.90 Å². The minimum absolute atomic E-state index is 0.0561. The maximum absolute atomic E-state index is 9.36. The van der Waals surface area contributed by atoms with E-state index in [4.69, 9.17) is 0 Å². The average molecular weight is 530 g/mol. The van der Waals surface area contributed by atoms with Gasteiger partial charge in [0.1, 0.15) is 17.7 Å². The van der Waals surface area contributed by atoms with E-state index in [-0.39, 0.29) is 17.0 Å². The highest BCUT2D eigenvalue weighted by atomic mass is 32.1. The van der Waals surface area contributed by atoms with E-state index >= 15 is 0 Å². The fraction of sp³-hybridized carbons (Fsp3) is 0.314. The summed E-state index contributed by atoms with van der Waals surface area (Å²) in [5.41, 5.74) is 6.67. The molecule has 5 rings (SSSR count). The van der Waals surface area contributed by atoms with Gasteiger partial charge in [-0.05, 0) is 72.4 Å². The lowest BCUT2D eigenvalue weighted by molar-refractivity contribution is 0.415. The van der Waals surface area contributed by atoms with Gasteiger partial charge in [0.15, 0.2) is 0 Å². The number of allylic oxidation sites excluding steroid dienone is 3. The molecule has 0 bridgehead atoms. The van der Waals surface area contributed by atoms with Crippen molar-refractivity contribution in [3.05, 3.63) is 100 Å². The van der Waals surface area contributed by atoms with E-state index in [0.717, 1.165) is 49.8 Å². The van der Waals surface area contributed by atoms with Crippen molar-refractivity contribution in [3.8, 4) is 22.6 Å². The third kappa shape index (κ3) is 5.10. The molecule has 0 fully saturated rings. The summed E-state index contributed by atoms with van der Waals surface area (Å²) < 4.78 is 0. The highest BCUT2D eigenvalue weighted by Crippen LogP contribution is 2.58. The van der Waals surface area contributed by atoms with Crippen LogP contribution in [-0.4, -0.2) is 6.04 Å². The molecule has 3 nitrogen and oxygen atoms in total. The summed E-state index contributed by atoms with van der Waals surface area (Å²) in [6.45, 7) is 4.55. The van der Waals surface area contributed by atoms with Gasteiger partial charge in [-0.3, -0.25) is 0 Å². The molecule has 0 aliphatic heterocycles. The van der Waals surface area contributed by atoms with Crippen LogP contribution in [0, 0.1) is 22.7 Å². The number of rotatable bonds is 10. The molecule has 1 heterocycles. The Labute approximate surface area is 237 Å². The first-order valence-corrected chi connectivity index (χ1v) is 15.0. The molecule has 1 aromatic heterocycles. The number of thiophene rings is 1. The third-order valence-corrected chi connectivity index (χ3v) is 9.19. The smallest absolute Gasteiger partial charge is 0.131 e. The average Bonchev–Trinajstić information content (AvgIpc) is 3.51. The predicted octanol–water partition coefficient (Wildman–Crippen LogP) is 9.85. The zero-order chi connectivity index (χ0) is 27.2. The summed E-state index contributed by atoms with van der Waals surface area (Å²) in [6.07, 6.45) is 18.4. The summed E-state index contributed by atoms with van der Waals surface area (Å²) in [5, 5.41) is 18.7. The van der Waals surface area contributed by atoms with Crippen molar-refractivity contribution in [3.63, 3.8) is 0 Å². The molecule has 1 unspecified atom stereocenters. The molecule has 0 saturated carbocycles. The lowest BCUT2D eigenvalue weighted by atomic mass is 9.71. The quantitative estimate of drug-likeness (QED) is 0.246. The first-order valence-electron chi connectivity index (χ1n) is 14.1. The van der Waals surface area contributed by atoms with E-state index in [9.17, 15) is 10.5 Å². The maximum atomic E-state index is 9.36. The van der Waals surface area contributed by atoms with Crippen LogP contribution in [-0.2, 0) is 5.41 Å². The van der Waals surface area contributed by atoms with Gasteiger partial charge in [-0.15, -0.1) is 11.3 Å². The molecule has 0 spiro atoms. The molecule has 2 aliphatic rings. The lowest BCUT2D eigenvalue weighted by Crippen LogP contribution is -2.30. The number of fused-ring (bicyclic) bond motifs is 3. The van der Waals surface area contributed by atoms with E-state index in [0.29, 0.717) is 0 Å². The van der Waals surface area contributed by atoms with E-state index in [1.807, 2.05) is 12.1 Å². The Morgan fingerprint density at radius 3 is 2.33 bits per heavy atom. The van der Waals surface area contributed by atoms with Gasteiger partial charge in [0.2, 0.25) is 0 Å². The van der Waals surface area contributed by atoms with E-state index in [1.165, 1.54) is 32.9 Å². The fourth-order valence-electron chi connectivity index (χ4n) is 6.19. The second kappa shape index (κ2) is 11.9. The number of benzene rings is 2. The number of hydrogen-bond acceptors (Lipinski definition) is 4. The molecule has 0 amide bonds. The van der Waals surface area contributed by atoms with Crippen LogP contribution in [0.1, 0.15) is 74.8 Å². The second-order valence-corrected chi connectivity index (χ2v) is 11.6. The Hall–Kier alpha value is -3.86. The van der Waals surface area contributed by atoms with Gasteiger partial charge in [-0.1, -0.05) is 88.1 Å². The SMILES string of the molecule is CCCCC1(CCCC)c2cc(N(c3ccccc3)C3C=CC=CC3)ccc2-c2sc(C=C(C#N)C#N)cc21. The van der Waals surface area contributed by atoms with Crippen molar-refractivity contribution in [1.82, 2.24) is 0 Å². The molecule has 4 heteroatoms. The maximum Gasteiger partial charge on any atom is 0.131 e. The van der Waals surface area contributed by atoms with Crippen LogP contribution >= 0.6 is 11.3 Å². The Bertz CT molecular complexity index is 1470. The van der Waals surface area contributed by atoms with Crippen LogP contribution in [0.4, 0.5) is 11.4 Å². The van der Waals surface area contributed by atoms with Crippen molar-refractivity contribution < 1.29 is 0 Å². The molecule has 0 N–H and O–H groups in total. The Kier molecular flexibility index (Phi) is 8.16. The Morgan fingerprint density at radius 2 is 1.69 bits per heavy atom. The molecule has 2 aliphatic carbocycles. The summed E-state index contributed by atoms with van der Waals surface area (Å²) in [4.78, 5) is 4.78. The molecule has 0 saturated heterocycles. The number of nitriles is 2. The van der Waals surface area contributed by atoms with Crippen LogP contribution in [0.5, 0.6) is 0 Å². The predicted molar refractivity (Wildman–Crippen MR) is 164 cm³/mol. The molecule has 3 aromatic rings. The van der Waals surface area contributed by atoms with Gasteiger partial charge in [0.05, 0.1) is 6.04 Å². The van der Waals surface area contributed by atoms with Crippen molar-refractivity contribution in [2.75, 3.05) is 4.90 Å². The van der Waals surface area contributed by atoms with Crippen LogP contribution in [0.15, 0.2) is 84.5 Å². The standard InChI is InChI=1S/C35H35N3S/c1-3-5-19-35(20-6-4-2)32-22-29(38(27-13-9-7-10-14-27)28-15-11-8-12-16-28)17-18-31(32)34-33(35)23-30(39-34)21-26(24-36)25-37/h7-15,17-18,21-23,28H,3-6,16,19-20H2,1-2H3. The Balaban J connectivity index is 1.68.